The van der Waals surface area contributed by atoms with E-state index in [9.17, 15) is 9.59 Å². The van der Waals surface area contributed by atoms with E-state index in [0.29, 0.717) is 30.3 Å². The zero-order valence-corrected chi connectivity index (χ0v) is 16.3. The monoisotopic (exact) mass is 370 g/mol. The molecule has 0 bridgehead atoms. The van der Waals surface area contributed by atoms with E-state index in [1.54, 1.807) is 11.6 Å². The van der Waals surface area contributed by atoms with Crippen LogP contribution in [-0.2, 0) is 20.1 Å². The normalized spacial score (nSPS) is 11.4. The van der Waals surface area contributed by atoms with E-state index in [1.165, 1.54) is 9.13 Å². The number of aromatic nitrogens is 4. The van der Waals surface area contributed by atoms with Gasteiger partial charge in [0.05, 0.1) is 12.6 Å². The summed E-state index contributed by atoms with van der Waals surface area (Å²) in [5, 5.41) is 0. The Kier molecular flexibility index (Phi) is 5.48. The summed E-state index contributed by atoms with van der Waals surface area (Å²) in [4.78, 5) is 30.3. The first-order chi connectivity index (χ1) is 12.9. The van der Waals surface area contributed by atoms with E-state index >= 15 is 0 Å². The highest BCUT2D eigenvalue weighted by Crippen LogP contribution is 2.20. The first kappa shape index (κ1) is 18.9. The first-order valence-electron chi connectivity index (χ1n) is 9.34. The summed E-state index contributed by atoms with van der Waals surface area (Å²) < 4.78 is 10.4. The van der Waals surface area contributed by atoms with E-state index in [2.05, 4.69) is 4.98 Å². The van der Waals surface area contributed by atoms with Crippen molar-refractivity contribution in [2.45, 2.75) is 52.8 Å². The summed E-state index contributed by atoms with van der Waals surface area (Å²) in [7, 11) is 1.64. The van der Waals surface area contributed by atoms with Gasteiger partial charge in [-0.2, -0.15) is 4.98 Å². The van der Waals surface area contributed by atoms with Gasteiger partial charge in [0.15, 0.2) is 11.2 Å². The Labute approximate surface area is 157 Å². The van der Waals surface area contributed by atoms with Gasteiger partial charge in [-0.15, -0.1) is 0 Å². The fraction of sp³-hybridized carbons (Fsp3) is 0.450. The largest absolute Gasteiger partial charge is 0.462 e. The van der Waals surface area contributed by atoms with Crippen LogP contribution in [-0.4, -0.2) is 24.8 Å². The molecule has 0 amide bonds. The fourth-order valence-corrected chi connectivity index (χ4v) is 3.08. The molecule has 0 fully saturated rings. The lowest BCUT2D eigenvalue weighted by atomic mass is 10.2. The van der Waals surface area contributed by atoms with E-state index in [-0.39, 0.29) is 17.4 Å². The molecule has 1 aromatic carbocycles. The van der Waals surface area contributed by atoms with Crippen molar-refractivity contribution < 1.29 is 4.74 Å². The third kappa shape index (κ3) is 3.67. The third-order valence-electron chi connectivity index (χ3n) is 4.46. The van der Waals surface area contributed by atoms with Gasteiger partial charge < -0.3 is 4.74 Å². The number of benzene rings is 1. The average molecular weight is 370 g/mol. The topological polar surface area (TPSA) is 71.1 Å². The van der Waals surface area contributed by atoms with Crippen LogP contribution in [0.1, 0.15) is 39.2 Å². The molecule has 3 rings (SSSR count). The maximum absolute atomic E-state index is 13.2. The first-order valence-corrected chi connectivity index (χ1v) is 9.34. The standard InChI is InChI=1S/C20H26N4O3/c1-5-6-12-23-18(25)16-17(22(4)20(23)26)21-19(27-14(2)3)24(16)13-15-10-8-7-9-11-15/h7-11,14H,5-6,12-13H2,1-4H3. The molecule has 2 heterocycles. The van der Waals surface area contributed by atoms with Crippen molar-refractivity contribution in [2.24, 2.45) is 7.05 Å². The van der Waals surface area contributed by atoms with E-state index in [1.807, 2.05) is 51.1 Å². The van der Waals surface area contributed by atoms with Crippen LogP contribution in [0.4, 0.5) is 0 Å². The van der Waals surface area contributed by atoms with Gasteiger partial charge in [0, 0.05) is 13.6 Å². The lowest BCUT2D eigenvalue weighted by Gasteiger charge is -2.12. The van der Waals surface area contributed by atoms with Crippen LogP contribution in [0.3, 0.4) is 0 Å². The predicted molar refractivity (Wildman–Crippen MR) is 105 cm³/mol. The average Bonchev–Trinajstić information content (AvgIpc) is 2.98. The summed E-state index contributed by atoms with van der Waals surface area (Å²) in [5.41, 5.74) is 1.11. The molecule has 7 heteroatoms. The molecule has 0 N–H and O–H groups in total. The third-order valence-corrected chi connectivity index (χ3v) is 4.46. The van der Waals surface area contributed by atoms with Crippen LogP contribution in [0.25, 0.3) is 11.2 Å². The zero-order chi connectivity index (χ0) is 19.6. The van der Waals surface area contributed by atoms with E-state index in [4.69, 9.17) is 4.74 Å². The lowest BCUT2D eigenvalue weighted by molar-refractivity contribution is 0.214. The van der Waals surface area contributed by atoms with E-state index in [0.717, 1.165) is 18.4 Å². The Hall–Kier alpha value is -2.83. The molecule has 27 heavy (non-hydrogen) atoms. The molecule has 0 unspecified atom stereocenters. The van der Waals surface area contributed by atoms with Crippen molar-refractivity contribution in [1.82, 2.24) is 18.7 Å². The number of imidazole rings is 1. The minimum atomic E-state index is -0.346. The molecule has 7 nitrogen and oxygen atoms in total. The Bertz CT molecular complexity index is 1050. The number of ether oxygens (including phenoxy) is 1. The summed E-state index contributed by atoms with van der Waals surface area (Å²) >= 11 is 0. The summed E-state index contributed by atoms with van der Waals surface area (Å²) in [6.07, 6.45) is 1.57. The molecule has 0 saturated heterocycles. The Morgan fingerprint density at radius 1 is 1.11 bits per heavy atom. The number of rotatable bonds is 7. The Morgan fingerprint density at radius 2 is 1.81 bits per heavy atom. The van der Waals surface area contributed by atoms with Crippen molar-refractivity contribution >= 4 is 11.2 Å². The van der Waals surface area contributed by atoms with E-state index < -0.39 is 0 Å². The number of fused-ring (bicyclic) bond motifs is 1. The molecule has 3 aromatic rings. The maximum Gasteiger partial charge on any atom is 0.332 e. The maximum atomic E-state index is 13.2. The quantitative estimate of drug-likeness (QED) is 0.641. The molecule has 0 radical (unpaired) electrons. The second-order valence-electron chi connectivity index (χ2n) is 6.96. The summed E-state index contributed by atoms with van der Waals surface area (Å²) in [6.45, 7) is 6.69. The van der Waals surface area contributed by atoms with Crippen molar-refractivity contribution in [3.05, 3.63) is 56.7 Å². The highest BCUT2D eigenvalue weighted by molar-refractivity contribution is 5.72. The second kappa shape index (κ2) is 7.82. The lowest BCUT2D eigenvalue weighted by Crippen LogP contribution is -2.39. The van der Waals surface area contributed by atoms with Gasteiger partial charge in [0.2, 0.25) is 0 Å². The number of hydrogen-bond acceptors (Lipinski definition) is 4. The molecule has 0 aliphatic heterocycles. The van der Waals surface area contributed by atoms with Crippen LogP contribution in [0.15, 0.2) is 39.9 Å². The number of hydrogen-bond donors (Lipinski definition) is 0. The van der Waals surface area contributed by atoms with Crippen molar-refractivity contribution in [3.63, 3.8) is 0 Å². The minimum absolute atomic E-state index is 0.101. The molecule has 0 aliphatic rings. The van der Waals surface area contributed by atoms with Gasteiger partial charge >= 0.3 is 5.69 Å². The van der Waals surface area contributed by atoms with Crippen molar-refractivity contribution in [2.75, 3.05) is 0 Å². The molecular weight excluding hydrogens is 344 g/mol. The number of nitrogens with zero attached hydrogens (tertiary/aromatic N) is 4. The number of aryl methyl sites for hydroxylation is 1. The van der Waals surface area contributed by atoms with Crippen molar-refractivity contribution in [1.29, 1.82) is 0 Å². The zero-order valence-electron chi connectivity index (χ0n) is 16.3. The molecule has 0 atom stereocenters. The predicted octanol–water partition coefficient (Wildman–Crippen LogP) is 2.53. The highest BCUT2D eigenvalue weighted by atomic mass is 16.5. The van der Waals surface area contributed by atoms with Gasteiger partial charge in [-0.25, -0.2) is 4.79 Å². The fourth-order valence-electron chi connectivity index (χ4n) is 3.08. The minimum Gasteiger partial charge on any atom is -0.462 e. The molecule has 0 aliphatic carbocycles. The van der Waals surface area contributed by atoms with Gasteiger partial charge in [0.25, 0.3) is 11.6 Å². The Balaban J connectivity index is 2.27. The highest BCUT2D eigenvalue weighted by Gasteiger charge is 2.21. The van der Waals surface area contributed by atoms with Crippen LogP contribution in [0.2, 0.25) is 0 Å². The van der Waals surface area contributed by atoms with Crippen LogP contribution < -0.4 is 16.0 Å². The SMILES string of the molecule is CCCCn1c(=O)c2c(nc(OC(C)C)n2Cc2ccccc2)n(C)c1=O. The Morgan fingerprint density at radius 3 is 2.44 bits per heavy atom. The molecular formula is C20H26N4O3. The van der Waals surface area contributed by atoms with Crippen LogP contribution >= 0.6 is 0 Å². The molecule has 144 valence electrons. The van der Waals surface area contributed by atoms with Gasteiger partial charge in [-0.05, 0) is 25.8 Å². The second-order valence-corrected chi connectivity index (χ2v) is 6.96. The summed E-state index contributed by atoms with van der Waals surface area (Å²) in [5.74, 6) is 0. The van der Waals surface area contributed by atoms with Gasteiger partial charge in [0.1, 0.15) is 0 Å². The van der Waals surface area contributed by atoms with Crippen molar-refractivity contribution in [3.8, 4) is 6.01 Å². The molecule has 0 saturated carbocycles. The number of unbranched alkanes of at least 4 members (excludes halogenated alkanes) is 1. The van der Waals surface area contributed by atoms with Crippen LogP contribution in [0.5, 0.6) is 6.01 Å². The van der Waals surface area contributed by atoms with Crippen LogP contribution in [0, 0.1) is 0 Å². The molecule has 0 spiro atoms. The smallest absolute Gasteiger partial charge is 0.332 e. The summed E-state index contributed by atoms with van der Waals surface area (Å²) in [6, 6.07) is 10.2. The van der Waals surface area contributed by atoms with Gasteiger partial charge in [-0.1, -0.05) is 43.7 Å². The van der Waals surface area contributed by atoms with Gasteiger partial charge in [-0.3, -0.25) is 18.5 Å². The molecule has 2 aromatic heterocycles.